The number of rotatable bonds is 10. The fraction of sp³-hybridized carbons (Fsp3) is 0.467. The van der Waals surface area contributed by atoms with Crippen molar-refractivity contribution in [2.24, 2.45) is 9.98 Å². The second-order valence-corrected chi connectivity index (χ2v) is 8.10. The number of nitrogens with zero attached hydrogens (tertiary/aromatic N) is 2. The van der Waals surface area contributed by atoms with Crippen molar-refractivity contribution in [2.75, 3.05) is 0 Å². The number of aliphatic imine (C=N–C) groups is 2. The summed E-state index contributed by atoms with van der Waals surface area (Å²) in [7, 11) is 0. The standard InChI is InChI=1S/C30H40N2.Ni/c1-7-13-15-29(31-27-19-17-23(9-3)25(11-5)21-27)30(16-14-8-2)32-28-20-18-24(10-4)26(12-6)22-28;/h17-22H,7-13,15H2,1-6H3;/b31-29+,32-30+;. The molecule has 0 spiro atoms. The Morgan fingerprint density at radius 3 is 1.67 bits per heavy atom. The molecule has 0 aliphatic heterocycles. The van der Waals surface area contributed by atoms with Gasteiger partial charge in [-0.15, -0.1) is 0 Å². The van der Waals surface area contributed by atoms with Crippen LogP contribution in [0.3, 0.4) is 0 Å². The minimum absolute atomic E-state index is 0. The summed E-state index contributed by atoms with van der Waals surface area (Å²) in [5.74, 6) is 6.58. The summed E-state index contributed by atoms with van der Waals surface area (Å²) in [4.78, 5) is 10.1. The maximum absolute atomic E-state index is 5.09. The molecule has 0 saturated carbocycles. The molecule has 2 rings (SSSR count). The molecule has 2 aromatic carbocycles. The minimum atomic E-state index is 0. The van der Waals surface area contributed by atoms with E-state index in [0.29, 0.717) is 0 Å². The Morgan fingerprint density at radius 1 is 0.697 bits per heavy atom. The van der Waals surface area contributed by atoms with Crippen LogP contribution < -0.4 is 0 Å². The Bertz CT molecular complexity index is 1010. The molecule has 0 aliphatic carbocycles. The fourth-order valence-corrected chi connectivity index (χ4v) is 3.90. The minimum Gasteiger partial charge on any atom is -0.251 e. The molecule has 0 N–H and O–H groups in total. The van der Waals surface area contributed by atoms with E-state index in [1.165, 1.54) is 22.3 Å². The summed E-state index contributed by atoms with van der Waals surface area (Å²) < 4.78 is 0. The van der Waals surface area contributed by atoms with Crippen LogP contribution >= 0.6 is 0 Å². The van der Waals surface area contributed by atoms with Crippen molar-refractivity contribution in [3.63, 3.8) is 0 Å². The largest absolute Gasteiger partial charge is 0.251 e. The molecule has 0 unspecified atom stereocenters. The molecule has 3 heteroatoms. The molecule has 180 valence electrons. The molecule has 0 bridgehead atoms. The maximum Gasteiger partial charge on any atom is 0.135 e. The van der Waals surface area contributed by atoms with Gasteiger partial charge >= 0.3 is 0 Å². The molecule has 2 nitrogen and oxygen atoms in total. The third-order valence-electron chi connectivity index (χ3n) is 5.83. The zero-order chi connectivity index (χ0) is 23.3. The van der Waals surface area contributed by atoms with Gasteiger partial charge in [0.05, 0.1) is 17.1 Å². The first-order valence-corrected chi connectivity index (χ1v) is 12.5. The van der Waals surface area contributed by atoms with Gasteiger partial charge in [-0.25, -0.2) is 4.99 Å². The second-order valence-electron chi connectivity index (χ2n) is 8.10. The molecule has 0 aliphatic rings. The first-order chi connectivity index (χ1) is 15.6. The Morgan fingerprint density at radius 2 is 1.21 bits per heavy atom. The Hall–Kier alpha value is -2.17. The van der Waals surface area contributed by atoms with E-state index in [1.54, 1.807) is 0 Å². The zero-order valence-electron chi connectivity index (χ0n) is 21.3. The van der Waals surface area contributed by atoms with Gasteiger partial charge in [0.25, 0.3) is 0 Å². The molecular weight excluding hydrogens is 447 g/mol. The van der Waals surface area contributed by atoms with Gasteiger partial charge in [-0.05, 0) is 91.0 Å². The van der Waals surface area contributed by atoms with Gasteiger partial charge in [-0.1, -0.05) is 66.0 Å². The molecule has 0 atom stereocenters. The van der Waals surface area contributed by atoms with Gasteiger partial charge in [0.1, 0.15) is 5.71 Å². The van der Waals surface area contributed by atoms with Crippen LogP contribution in [0.15, 0.2) is 46.4 Å². The van der Waals surface area contributed by atoms with Crippen molar-refractivity contribution < 1.29 is 16.5 Å². The van der Waals surface area contributed by atoms with E-state index >= 15 is 0 Å². The maximum atomic E-state index is 5.09. The Balaban J connectivity index is 0.00000544. The van der Waals surface area contributed by atoms with Crippen LogP contribution in [-0.4, -0.2) is 11.4 Å². The molecule has 33 heavy (non-hydrogen) atoms. The van der Waals surface area contributed by atoms with Gasteiger partial charge in [0, 0.05) is 22.9 Å². The third-order valence-corrected chi connectivity index (χ3v) is 5.83. The molecule has 0 heterocycles. The Labute approximate surface area is 212 Å². The van der Waals surface area contributed by atoms with E-state index < -0.39 is 0 Å². The number of unbranched alkanes of at least 4 members (excludes halogenated alkanes) is 1. The summed E-state index contributed by atoms with van der Waals surface area (Å²) in [5, 5.41) is 0. The van der Waals surface area contributed by atoms with Crippen LogP contribution in [0.4, 0.5) is 11.4 Å². The smallest absolute Gasteiger partial charge is 0.135 e. The zero-order valence-corrected chi connectivity index (χ0v) is 22.3. The van der Waals surface area contributed by atoms with E-state index in [4.69, 9.17) is 9.98 Å². The quantitative estimate of drug-likeness (QED) is 0.183. The van der Waals surface area contributed by atoms with Crippen LogP contribution in [0.1, 0.15) is 89.5 Å². The van der Waals surface area contributed by atoms with E-state index in [9.17, 15) is 0 Å². The number of hydrogen-bond donors (Lipinski definition) is 0. The van der Waals surface area contributed by atoms with Crippen molar-refractivity contribution in [1.29, 1.82) is 0 Å². The number of hydrogen-bond acceptors (Lipinski definition) is 2. The van der Waals surface area contributed by atoms with E-state index in [2.05, 4.69) is 89.8 Å². The first-order valence-electron chi connectivity index (χ1n) is 12.5. The predicted molar refractivity (Wildman–Crippen MR) is 142 cm³/mol. The molecular formula is C30H40N2Ni. The van der Waals surface area contributed by atoms with Gasteiger partial charge in [0.15, 0.2) is 0 Å². The average molecular weight is 487 g/mol. The van der Waals surface area contributed by atoms with E-state index in [1.807, 2.05) is 0 Å². The van der Waals surface area contributed by atoms with Gasteiger partial charge in [-0.3, -0.25) is 4.99 Å². The van der Waals surface area contributed by atoms with Crippen molar-refractivity contribution in [3.05, 3.63) is 58.7 Å². The molecule has 2 aromatic rings. The van der Waals surface area contributed by atoms with Crippen LogP contribution in [-0.2, 0) is 42.2 Å². The van der Waals surface area contributed by atoms with Crippen molar-refractivity contribution in [2.45, 2.75) is 92.9 Å². The van der Waals surface area contributed by atoms with E-state index in [-0.39, 0.29) is 16.5 Å². The molecule has 0 aromatic heterocycles. The first kappa shape index (κ1) is 28.9. The summed E-state index contributed by atoms with van der Waals surface area (Å²) in [6, 6.07) is 13.1. The molecule has 0 amide bonds. The average Bonchev–Trinajstić information content (AvgIpc) is 2.83. The predicted octanol–water partition coefficient (Wildman–Crippen LogP) is 8.38. The van der Waals surface area contributed by atoms with Crippen molar-refractivity contribution in [3.8, 4) is 11.8 Å². The van der Waals surface area contributed by atoms with Crippen LogP contribution in [0.25, 0.3) is 0 Å². The summed E-state index contributed by atoms with van der Waals surface area (Å²) in [5.41, 5.74) is 9.34. The summed E-state index contributed by atoms with van der Waals surface area (Å²) in [6.07, 6.45) is 8.03. The second kappa shape index (κ2) is 15.6. The van der Waals surface area contributed by atoms with E-state index in [0.717, 1.165) is 74.2 Å². The topological polar surface area (TPSA) is 24.7 Å². The SMILES string of the molecule is CCC#CC(=N\c1ccc(CC)c(CC)c1)/C(CCCC)=N/c1ccc(CC)c(CC)c1.[Ni]. The van der Waals surface area contributed by atoms with Crippen molar-refractivity contribution >= 4 is 22.8 Å². The molecule has 0 radical (unpaired) electrons. The van der Waals surface area contributed by atoms with Crippen LogP contribution in [0, 0.1) is 11.8 Å². The Kier molecular flexibility index (Phi) is 13.7. The molecule has 0 fully saturated rings. The van der Waals surface area contributed by atoms with Gasteiger partial charge in [0.2, 0.25) is 0 Å². The summed E-state index contributed by atoms with van der Waals surface area (Å²) in [6.45, 7) is 13.1. The van der Waals surface area contributed by atoms with Gasteiger partial charge in [-0.2, -0.15) is 0 Å². The fourth-order valence-electron chi connectivity index (χ4n) is 3.90. The van der Waals surface area contributed by atoms with Gasteiger partial charge < -0.3 is 0 Å². The third kappa shape index (κ3) is 8.60. The van der Waals surface area contributed by atoms with Crippen LogP contribution in [0.2, 0.25) is 0 Å². The normalized spacial score (nSPS) is 11.6. The molecule has 0 saturated heterocycles. The van der Waals surface area contributed by atoms with Crippen LogP contribution in [0.5, 0.6) is 0 Å². The van der Waals surface area contributed by atoms with Crippen molar-refractivity contribution in [1.82, 2.24) is 0 Å². The number of benzene rings is 2. The number of aryl methyl sites for hydroxylation is 4. The summed E-state index contributed by atoms with van der Waals surface area (Å²) >= 11 is 0. The monoisotopic (exact) mass is 486 g/mol.